The summed E-state index contributed by atoms with van der Waals surface area (Å²) in [5, 5.41) is 0. The summed E-state index contributed by atoms with van der Waals surface area (Å²) in [5.41, 5.74) is 4.42. The number of hydrogen-bond donors (Lipinski definition) is 0. The van der Waals surface area contributed by atoms with Crippen molar-refractivity contribution in [1.29, 1.82) is 0 Å². The van der Waals surface area contributed by atoms with Crippen LogP contribution in [0, 0.1) is 5.92 Å². The fourth-order valence-electron chi connectivity index (χ4n) is 2.02. The van der Waals surface area contributed by atoms with Crippen molar-refractivity contribution in [3.05, 3.63) is 34.9 Å². The molecule has 0 saturated carbocycles. The van der Waals surface area contributed by atoms with E-state index in [4.69, 9.17) is 0 Å². The number of aldehydes is 1. The Hall–Kier alpha value is -1.44. The highest BCUT2D eigenvalue weighted by Crippen LogP contribution is 2.21. The van der Waals surface area contributed by atoms with Gasteiger partial charge in [0.1, 0.15) is 6.29 Å². The molecule has 0 radical (unpaired) electrons. The summed E-state index contributed by atoms with van der Waals surface area (Å²) in [7, 11) is 0. The number of carbonyl (C=O) groups excluding carboxylic acids is 1. The van der Waals surface area contributed by atoms with Gasteiger partial charge in [-0.05, 0) is 29.5 Å². The molecule has 2 heteroatoms. The summed E-state index contributed by atoms with van der Waals surface area (Å²) in [6.45, 7) is 5.16. The van der Waals surface area contributed by atoms with Crippen LogP contribution >= 0.6 is 0 Å². The Labute approximate surface area is 90.0 Å². The van der Waals surface area contributed by atoms with Crippen LogP contribution in [0.3, 0.4) is 0 Å². The predicted molar refractivity (Wildman–Crippen MR) is 61.8 cm³/mol. The summed E-state index contributed by atoms with van der Waals surface area (Å²) in [6, 6.07) is 5.88. The number of fused-ring (bicyclic) bond motifs is 1. The Bertz CT molecular complexity index is 419. The van der Waals surface area contributed by atoms with Crippen molar-refractivity contribution < 1.29 is 4.79 Å². The van der Waals surface area contributed by atoms with Crippen LogP contribution in [0.15, 0.2) is 23.2 Å². The van der Waals surface area contributed by atoms with Gasteiger partial charge in [-0.15, -0.1) is 0 Å². The summed E-state index contributed by atoms with van der Waals surface area (Å²) < 4.78 is 0. The first-order valence-corrected chi connectivity index (χ1v) is 5.35. The SMILES string of the molecule is CC(C)C1=NCCc2cc(C=O)ccc21. The Morgan fingerprint density at radius 2 is 2.20 bits per heavy atom. The van der Waals surface area contributed by atoms with E-state index < -0.39 is 0 Å². The number of hydrogen-bond acceptors (Lipinski definition) is 2. The third-order valence-electron chi connectivity index (χ3n) is 2.75. The Kier molecular flexibility index (Phi) is 2.67. The second kappa shape index (κ2) is 3.97. The number of nitrogens with zero attached hydrogens (tertiary/aromatic N) is 1. The zero-order chi connectivity index (χ0) is 10.8. The van der Waals surface area contributed by atoms with Gasteiger partial charge in [-0.1, -0.05) is 26.0 Å². The molecule has 0 N–H and O–H groups in total. The monoisotopic (exact) mass is 201 g/mol. The molecule has 1 aromatic carbocycles. The molecule has 0 bridgehead atoms. The summed E-state index contributed by atoms with van der Waals surface area (Å²) in [4.78, 5) is 15.2. The van der Waals surface area contributed by atoms with E-state index in [2.05, 4.69) is 18.8 Å². The van der Waals surface area contributed by atoms with E-state index >= 15 is 0 Å². The van der Waals surface area contributed by atoms with Crippen molar-refractivity contribution >= 4 is 12.0 Å². The van der Waals surface area contributed by atoms with Crippen LogP contribution in [0.5, 0.6) is 0 Å². The molecule has 0 fully saturated rings. The Balaban J connectivity index is 2.48. The molecule has 1 aliphatic heterocycles. The first kappa shape index (κ1) is 10.1. The minimum Gasteiger partial charge on any atom is -0.298 e. The number of aliphatic imine (C=N–C) groups is 1. The zero-order valence-corrected chi connectivity index (χ0v) is 9.16. The van der Waals surface area contributed by atoms with E-state index in [0.29, 0.717) is 5.92 Å². The second-order valence-corrected chi connectivity index (χ2v) is 4.21. The van der Waals surface area contributed by atoms with Gasteiger partial charge in [0.15, 0.2) is 0 Å². The second-order valence-electron chi connectivity index (χ2n) is 4.21. The van der Waals surface area contributed by atoms with E-state index in [1.54, 1.807) is 0 Å². The van der Waals surface area contributed by atoms with Crippen LogP contribution in [0.4, 0.5) is 0 Å². The minimum absolute atomic E-state index is 0.450. The molecule has 0 amide bonds. The van der Waals surface area contributed by atoms with Crippen molar-refractivity contribution in [2.75, 3.05) is 6.54 Å². The average molecular weight is 201 g/mol. The molecule has 2 rings (SSSR count). The molecule has 0 atom stereocenters. The molecule has 0 spiro atoms. The average Bonchev–Trinajstić information content (AvgIpc) is 2.27. The minimum atomic E-state index is 0.450. The predicted octanol–water partition coefficient (Wildman–Crippen LogP) is 2.50. The number of benzene rings is 1. The van der Waals surface area contributed by atoms with Gasteiger partial charge in [0, 0.05) is 17.8 Å². The van der Waals surface area contributed by atoms with Crippen molar-refractivity contribution in [3.63, 3.8) is 0 Å². The zero-order valence-electron chi connectivity index (χ0n) is 9.16. The molecular formula is C13H15NO. The smallest absolute Gasteiger partial charge is 0.150 e. The van der Waals surface area contributed by atoms with E-state index in [1.165, 1.54) is 16.8 Å². The molecule has 0 aliphatic carbocycles. The van der Waals surface area contributed by atoms with Gasteiger partial charge in [-0.2, -0.15) is 0 Å². The summed E-state index contributed by atoms with van der Waals surface area (Å²) in [6.07, 6.45) is 1.86. The van der Waals surface area contributed by atoms with Gasteiger partial charge in [-0.3, -0.25) is 9.79 Å². The molecule has 1 aliphatic rings. The van der Waals surface area contributed by atoms with Crippen LogP contribution in [0.25, 0.3) is 0 Å². The molecular weight excluding hydrogens is 186 g/mol. The number of rotatable bonds is 2. The molecule has 0 saturated heterocycles. The van der Waals surface area contributed by atoms with Crippen molar-refractivity contribution in [1.82, 2.24) is 0 Å². The highest BCUT2D eigenvalue weighted by molar-refractivity contribution is 6.04. The quantitative estimate of drug-likeness (QED) is 0.676. The molecule has 15 heavy (non-hydrogen) atoms. The van der Waals surface area contributed by atoms with Gasteiger partial charge < -0.3 is 0 Å². The third-order valence-corrected chi connectivity index (χ3v) is 2.75. The highest BCUT2D eigenvalue weighted by atomic mass is 16.1. The van der Waals surface area contributed by atoms with Crippen LogP contribution in [0.2, 0.25) is 0 Å². The van der Waals surface area contributed by atoms with E-state index in [-0.39, 0.29) is 0 Å². The lowest BCUT2D eigenvalue weighted by atomic mass is 9.90. The van der Waals surface area contributed by atoms with Gasteiger partial charge in [-0.25, -0.2) is 0 Å². The lowest BCUT2D eigenvalue weighted by molar-refractivity contribution is 0.112. The largest absolute Gasteiger partial charge is 0.298 e. The maximum absolute atomic E-state index is 10.7. The highest BCUT2D eigenvalue weighted by Gasteiger charge is 2.16. The topological polar surface area (TPSA) is 29.4 Å². The summed E-state index contributed by atoms with van der Waals surface area (Å²) in [5.74, 6) is 0.450. The fraction of sp³-hybridized carbons (Fsp3) is 0.385. The first-order chi connectivity index (χ1) is 7.22. The van der Waals surface area contributed by atoms with E-state index in [9.17, 15) is 4.79 Å². The standard InChI is InChI=1S/C13H15NO/c1-9(2)13-12-4-3-10(8-15)7-11(12)5-6-14-13/h3-4,7-9H,5-6H2,1-2H3. The molecule has 0 aromatic heterocycles. The van der Waals surface area contributed by atoms with Gasteiger partial charge >= 0.3 is 0 Å². The maximum atomic E-state index is 10.7. The van der Waals surface area contributed by atoms with Gasteiger partial charge in [0.05, 0.1) is 0 Å². The number of carbonyl (C=O) groups is 1. The molecule has 0 unspecified atom stereocenters. The molecule has 1 aromatic rings. The van der Waals surface area contributed by atoms with Gasteiger partial charge in [0.25, 0.3) is 0 Å². The molecule has 78 valence electrons. The Morgan fingerprint density at radius 1 is 1.40 bits per heavy atom. The normalized spacial score (nSPS) is 14.7. The van der Waals surface area contributed by atoms with Crippen LogP contribution < -0.4 is 0 Å². The summed E-state index contributed by atoms with van der Waals surface area (Å²) >= 11 is 0. The third kappa shape index (κ3) is 1.84. The molecule has 1 heterocycles. The maximum Gasteiger partial charge on any atom is 0.150 e. The van der Waals surface area contributed by atoms with Crippen LogP contribution in [-0.4, -0.2) is 18.5 Å². The van der Waals surface area contributed by atoms with Crippen molar-refractivity contribution in [3.8, 4) is 0 Å². The van der Waals surface area contributed by atoms with Crippen molar-refractivity contribution in [2.45, 2.75) is 20.3 Å². The van der Waals surface area contributed by atoms with E-state index in [1.807, 2.05) is 18.2 Å². The lowest BCUT2D eigenvalue weighted by Gasteiger charge is -2.19. The fourth-order valence-corrected chi connectivity index (χ4v) is 2.02. The van der Waals surface area contributed by atoms with Crippen molar-refractivity contribution in [2.24, 2.45) is 10.9 Å². The van der Waals surface area contributed by atoms with Crippen LogP contribution in [0.1, 0.15) is 35.3 Å². The molecule has 2 nitrogen and oxygen atoms in total. The first-order valence-electron chi connectivity index (χ1n) is 5.35. The van der Waals surface area contributed by atoms with Crippen LogP contribution in [-0.2, 0) is 6.42 Å². The van der Waals surface area contributed by atoms with E-state index in [0.717, 1.165) is 24.8 Å². The lowest BCUT2D eigenvalue weighted by Crippen LogP contribution is -2.18. The van der Waals surface area contributed by atoms with Gasteiger partial charge in [0.2, 0.25) is 0 Å². The Morgan fingerprint density at radius 3 is 2.87 bits per heavy atom.